The number of esters is 1. The van der Waals surface area contributed by atoms with Crippen LogP contribution in [0.1, 0.15) is 24.8 Å². The molecule has 2 aromatic rings. The van der Waals surface area contributed by atoms with E-state index in [1.807, 2.05) is 30.3 Å². The van der Waals surface area contributed by atoms with Gasteiger partial charge in [0.25, 0.3) is 0 Å². The summed E-state index contributed by atoms with van der Waals surface area (Å²) in [5, 5.41) is 0. The highest BCUT2D eigenvalue weighted by Gasteiger charge is 2.23. The van der Waals surface area contributed by atoms with Crippen LogP contribution in [0.25, 0.3) is 0 Å². The summed E-state index contributed by atoms with van der Waals surface area (Å²) in [5.74, 6) is 0.155. The van der Waals surface area contributed by atoms with E-state index < -0.39 is 0 Å². The Balaban J connectivity index is 1.33. The van der Waals surface area contributed by atoms with Crippen LogP contribution in [0.4, 0.5) is 4.39 Å². The Morgan fingerprint density at radius 3 is 2.46 bits per heavy atom. The fraction of sp³-hybridized carbons (Fsp3) is 0.409. The molecule has 1 unspecified atom stereocenters. The number of nitrogens with zero attached hydrogens (tertiary/aromatic N) is 1. The first-order valence-electron chi connectivity index (χ1n) is 9.68. The molecule has 0 bridgehead atoms. The average Bonchev–Trinajstić information content (AvgIpc) is 2.70. The molecule has 28 heavy (non-hydrogen) atoms. The van der Waals surface area contributed by atoms with Gasteiger partial charge in [-0.1, -0.05) is 30.3 Å². The summed E-state index contributed by atoms with van der Waals surface area (Å²) in [6, 6.07) is 15.5. The largest absolute Gasteiger partial charge is 0.490 e. The van der Waals surface area contributed by atoms with Gasteiger partial charge < -0.3 is 20.1 Å². The van der Waals surface area contributed by atoms with E-state index in [4.69, 9.17) is 15.2 Å². The van der Waals surface area contributed by atoms with Gasteiger partial charge in [0.05, 0.1) is 6.42 Å². The van der Waals surface area contributed by atoms with Crippen molar-refractivity contribution in [2.45, 2.75) is 38.0 Å². The van der Waals surface area contributed by atoms with Gasteiger partial charge in [-0.05, 0) is 42.7 Å². The number of likely N-dealkylation sites (tertiary alicyclic amines) is 1. The Bertz CT molecular complexity index is 731. The van der Waals surface area contributed by atoms with Gasteiger partial charge in [0.2, 0.25) is 0 Å². The zero-order valence-corrected chi connectivity index (χ0v) is 15.9. The van der Waals surface area contributed by atoms with Crippen LogP contribution in [0.3, 0.4) is 0 Å². The molecular formula is C22H27FN2O3. The molecule has 150 valence electrons. The first-order valence-corrected chi connectivity index (χ1v) is 9.68. The lowest BCUT2D eigenvalue weighted by Crippen LogP contribution is -2.45. The fourth-order valence-electron chi connectivity index (χ4n) is 3.32. The third-order valence-electron chi connectivity index (χ3n) is 4.82. The van der Waals surface area contributed by atoms with E-state index in [1.165, 1.54) is 12.1 Å². The Kier molecular flexibility index (Phi) is 7.39. The van der Waals surface area contributed by atoms with Crippen LogP contribution in [0.5, 0.6) is 5.75 Å². The number of hydrogen-bond acceptors (Lipinski definition) is 5. The number of carbonyl (C=O) groups excluding carboxylic acids is 1. The highest BCUT2D eigenvalue weighted by molar-refractivity contribution is 5.70. The number of hydrogen-bond donors (Lipinski definition) is 1. The van der Waals surface area contributed by atoms with E-state index in [2.05, 4.69) is 4.90 Å². The van der Waals surface area contributed by atoms with E-state index >= 15 is 0 Å². The highest BCUT2D eigenvalue weighted by Crippen LogP contribution is 2.19. The molecule has 0 amide bonds. The maximum atomic E-state index is 13.0. The van der Waals surface area contributed by atoms with Gasteiger partial charge >= 0.3 is 5.97 Å². The van der Waals surface area contributed by atoms with Crippen molar-refractivity contribution in [1.82, 2.24) is 4.90 Å². The number of carbonyl (C=O) groups is 1. The van der Waals surface area contributed by atoms with Crippen molar-refractivity contribution in [3.8, 4) is 5.75 Å². The lowest BCUT2D eigenvalue weighted by Gasteiger charge is -2.33. The standard InChI is InChI=1S/C22H27FN2O3/c23-18-6-8-20(9-7-18)28-21-10-12-25(13-11-21)15-19(24)14-22(26)27-16-17-4-2-1-3-5-17/h1-9,19,21H,10-16,24H2. The monoisotopic (exact) mass is 386 g/mol. The molecule has 0 spiro atoms. The van der Waals surface area contributed by atoms with Crippen molar-refractivity contribution in [2.75, 3.05) is 19.6 Å². The minimum atomic E-state index is -0.272. The smallest absolute Gasteiger partial charge is 0.307 e. The van der Waals surface area contributed by atoms with Crippen LogP contribution >= 0.6 is 0 Å². The van der Waals surface area contributed by atoms with Crippen molar-refractivity contribution in [1.29, 1.82) is 0 Å². The van der Waals surface area contributed by atoms with Gasteiger partial charge in [-0.15, -0.1) is 0 Å². The maximum absolute atomic E-state index is 13.0. The lowest BCUT2D eigenvalue weighted by molar-refractivity contribution is -0.145. The third-order valence-corrected chi connectivity index (χ3v) is 4.82. The van der Waals surface area contributed by atoms with Crippen LogP contribution < -0.4 is 10.5 Å². The maximum Gasteiger partial charge on any atom is 0.307 e. The van der Waals surface area contributed by atoms with Crippen LogP contribution in [-0.2, 0) is 16.1 Å². The second-order valence-corrected chi connectivity index (χ2v) is 7.18. The number of nitrogens with two attached hydrogens (primary N) is 1. The van der Waals surface area contributed by atoms with Crippen LogP contribution in [-0.4, -0.2) is 42.6 Å². The third kappa shape index (κ3) is 6.62. The molecule has 1 atom stereocenters. The molecule has 6 heteroatoms. The average molecular weight is 386 g/mol. The predicted molar refractivity (Wildman–Crippen MR) is 105 cm³/mol. The Labute approximate surface area is 165 Å². The molecule has 0 aromatic heterocycles. The second-order valence-electron chi connectivity index (χ2n) is 7.18. The van der Waals surface area contributed by atoms with Crippen molar-refractivity contribution in [3.05, 3.63) is 66.0 Å². The van der Waals surface area contributed by atoms with Crippen LogP contribution in [0.2, 0.25) is 0 Å². The highest BCUT2D eigenvalue weighted by atomic mass is 19.1. The minimum absolute atomic E-state index is 0.119. The molecule has 5 nitrogen and oxygen atoms in total. The van der Waals surface area contributed by atoms with Gasteiger partial charge in [0, 0.05) is 25.7 Å². The zero-order valence-electron chi connectivity index (χ0n) is 15.9. The molecule has 1 saturated heterocycles. The number of piperidine rings is 1. The number of rotatable bonds is 8. The van der Waals surface area contributed by atoms with Crippen LogP contribution in [0, 0.1) is 5.82 Å². The predicted octanol–water partition coefficient (Wildman–Crippen LogP) is 3.13. The van der Waals surface area contributed by atoms with Gasteiger partial charge in [-0.2, -0.15) is 0 Å². The lowest BCUT2D eigenvalue weighted by atomic mass is 10.1. The van der Waals surface area contributed by atoms with Gasteiger partial charge in [0.15, 0.2) is 0 Å². The van der Waals surface area contributed by atoms with Gasteiger partial charge in [0.1, 0.15) is 24.3 Å². The number of ether oxygens (including phenoxy) is 2. The van der Waals surface area contributed by atoms with Gasteiger partial charge in [-0.3, -0.25) is 4.79 Å². The summed E-state index contributed by atoms with van der Waals surface area (Å²) in [6.07, 6.45) is 2.08. The summed E-state index contributed by atoms with van der Waals surface area (Å²) in [4.78, 5) is 14.2. The van der Waals surface area contributed by atoms with Gasteiger partial charge in [-0.25, -0.2) is 4.39 Å². The molecule has 1 fully saturated rings. The molecule has 1 aliphatic rings. The Hall–Kier alpha value is -2.44. The summed E-state index contributed by atoms with van der Waals surface area (Å²) in [7, 11) is 0. The molecule has 1 heterocycles. The van der Waals surface area contributed by atoms with E-state index in [0.29, 0.717) is 12.3 Å². The molecular weight excluding hydrogens is 359 g/mol. The molecule has 2 N–H and O–H groups in total. The van der Waals surface area contributed by atoms with E-state index in [9.17, 15) is 9.18 Å². The summed E-state index contributed by atoms with van der Waals surface area (Å²) >= 11 is 0. The van der Waals surface area contributed by atoms with Crippen molar-refractivity contribution in [2.24, 2.45) is 5.73 Å². The second kappa shape index (κ2) is 10.2. The normalized spacial score (nSPS) is 16.5. The quantitative estimate of drug-likeness (QED) is 0.706. The summed E-state index contributed by atoms with van der Waals surface area (Å²) in [6.45, 7) is 2.65. The Morgan fingerprint density at radius 2 is 1.79 bits per heavy atom. The van der Waals surface area contributed by atoms with Crippen molar-refractivity contribution < 1.29 is 18.7 Å². The minimum Gasteiger partial charge on any atom is -0.490 e. The first kappa shape index (κ1) is 20.3. The molecule has 0 saturated carbocycles. The SMILES string of the molecule is NC(CC(=O)OCc1ccccc1)CN1CCC(Oc2ccc(F)cc2)CC1. The molecule has 0 radical (unpaired) electrons. The number of benzene rings is 2. The fourth-order valence-corrected chi connectivity index (χ4v) is 3.32. The summed E-state index contributed by atoms with van der Waals surface area (Å²) in [5.41, 5.74) is 7.10. The molecule has 0 aliphatic carbocycles. The van der Waals surface area contributed by atoms with E-state index in [1.54, 1.807) is 12.1 Å². The number of halogens is 1. The molecule has 3 rings (SSSR count). The summed E-state index contributed by atoms with van der Waals surface area (Å²) < 4.78 is 24.2. The topological polar surface area (TPSA) is 64.8 Å². The van der Waals surface area contributed by atoms with Crippen molar-refractivity contribution in [3.63, 3.8) is 0 Å². The van der Waals surface area contributed by atoms with E-state index in [-0.39, 0.29) is 37.0 Å². The molecule has 2 aromatic carbocycles. The van der Waals surface area contributed by atoms with E-state index in [0.717, 1.165) is 31.5 Å². The van der Waals surface area contributed by atoms with Crippen LogP contribution in [0.15, 0.2) is 54.6 Å². The Morgan fingerprint density at radius 1 is 1.11 bits per heavy atom. The zero-order chi connectivity index (χ0) is 19.8. The first-order chi connectivity index (χ1) is 13.6. The molecule has 1 aliphatic heterocycles. The van der Waals surface area contributed by atoms with Crippen molar-refractivity contribution >= 4 is 5.97 Å².